The Morgan fingerprint density at radius 2 is 2.14 bits per heavy atom. The van der Waals surface area contributed by atoms with Gasteiger partial charge in [0.15, 0.2) is 11.5 Å². The Hall–Kier alpha value is -1.26. The molecular weight excluding hydrogens is 264 g/mol. The molecule has 0 amide bonds. The maximum Gasteiger partial charge on any atom is 0.164 e. The predicted molar refractivity (Wildman–Crippen MR) is 84.1 cm³/mol. The molecule has 0 bridgehead atoms. The van der Waals surface area contributed by atoms with Gasteiger partial charge in [-0.05, 0) is 36.4 Å². The van der Waals surface area contributed by atoms with Gasteiger partial charge >= 0.3 is 0 Å². The van der Waals surface area contributed by atoms with Crippen molar-refractivity contribution in [1.29, 1.82) is 0 Å². The second kappa shape index (κ2) is 5.85. The maximum atomic E-state index is 5.57. The molecule has 0 spiro atoms. The van der Waals surface area contributed by atoms with E-state index >= 15 is 0 Å². The van der Waals surface area contributed by atoms with Crippen molar-refractivity contribution >= 4 is 0 Å². The molecule has 2 aliphatic heterocycles. The zero-order valence-corrected chi connectivity index (χ0v) is 13.4. The SMILES string of the molecule is COc1ccc2c(c1OC)CCN(CC1(C)CCNC1)C2. The molecule has 1 aromatic carbocycles. The predicted octanol–water partition coefficient (Wildman–Crippen LogP) is 2.06. The second-order valence-electron chi connectivity index (χ2n) is 6.64. The largest absolute Gasteiger partial charge is 0.493 e. The van der Waals surface area contributed by atoms with Gasteiger partial charge in [0.1, 0.15) is 0 Å². The standard InChI is InChI=1S/C17H26N2O2/c1-17(7-8-18-11-17)12-19-9-6-14-13(10-19)4-5-15(20-2)16(14)21-3/h4-5,18H,6-12H2,1-3H3. The number of nitrogens with zero attached hydrogens (tertiary/aromatic N) is 1. The van der Waals surface area contributed by atoms with E-state index in [0.29, 0.717) is 5.41 Å². The Kier molecular flexibility index (Phi) is 4.09. The number of hydrogen-bond donors (Lipinski definition) is 1. The Balaban J connectivity index is 1.76. The molecule has 1 N–H and O–H groups in total. The highest BCUT2D eigenvalue weighted by molar-refractivity contribution is 5.51. The smallest absolute Gasteiger partial charge is 0.164 e. The minimum Gasteiger partial charge on any atom is -0.493 e. The maximum absolute atomic E-state index is 5.57. The fourth-order valence-electron chi connectivity index (χ4n) is 3.72. The molecule has 0 aliphatic carbocycles. The summed E-state index contributed by atoms with van der Waals surface area (Å²) < 4.78 is 11.0. The van der Waals surface area contributed by atoms with Crippen molar-refractivity contribution in [3.05, 3.63) is 23.3 Å². The molecule has 4 heteroatoms. The lowest BCUT2D eigenvalue weighted by Crippen LogP contribution is -2.40. The van der Waals surface area contributed by atoms with Gasteiger partial charge in [0.2, 0.25) is 0 Å². The Bertz CT molecular complexity index is 510. The highest BCUT2D eigenvalue weighted by atomic mass is 16.5. The lowest BCUT2D eigenvalue weighted by molar-refractivity contribution is 0.163. The minimum atomic E-state index is 0.425. The summed E-state index contributed by atoms with van der Waals surface area (Å²) in [4.78, 5) is 2.58. The van der Waals surface area contributed by atoms with Crippen LogP contribution in [0.1, 0.15) is 24.5 Å². The van der Waals surface area contributed by atoms with Gasteiger partial charge < -0.3 is 14.8 Å². The number of hydrogen-bond acceptors (Lipinski definition) is 4. The number of rotatable bonds is 4. The number of ether oxygens (including phenoxy) is 2. The Morgan fingerprint density at radius 3 is 2.81 bits per heavy atom. The average Bonchev–Trinajstić information content (AvgIpc) is 2.92. The molecule has 1 atom stereocenters. The van der Waals surface area contributed by atoms with Crippen LogP contribution in [0.3, 0.4) is 0 Å². The number of benzene rings is 1. The van der Waals surface area contributed by atoms with Crippen LogP contribution in [-0.2, 0) is 13.0 Å². The quantitative estimate of drug-likeness (QED) is 0.920. The molecule has 3 rings (SSSR count). The van der Waals surface area contributed by atoms with Gasteiger partial charge in [0.05, 0.1) is 14.2 Å². The third-order valence-corrected chi connectivity index (χ3v) is 4.88. The van der Waals surface area contributed by atoms with Gasteiger partial charge in [-0.2, -0.15) is 0 Å². The van der Waals surface area contributed by atoms with Crippen molar-refractivity contribution in [2.75, 3.05) is 40.4 Å². The summed E-state index contributed by atoms with van der Waals surface area (Å²) >= 11 is 0. The number of fused-ring (bicyclic) bond motifs is 1. The molecule has 0 radical (unpaired) electrons. The summed E-state index contributed by atoms with van der Waals surface area (Å²) in [5.74, 6) is 1.76. The monoisotopic (exact) mass is 290 g/mol. The lowest BCUT2D eigenvalue weighted by atomic mass is 9.88. The van der Waals surface area contributed by atoms with E-state index in [9.17, 15) is 0 Å². The third-order valence-electron chi connectivity index (χ3n) is 4.88. The van der Waals surface area contributed by atoms with Crippen LogP contribution in [0.2, 0.25) is 0 Å². The van der Waals surface area contributed by atoms with Crippen LogP contribution in [0, 0.1) is 5.41 Å². The molecule has 0 saturated carbocycles. The Labute approximate surface area is 127 Å². The molecule has 0 aromatic heterocycles. The summed E-state index contributed by atoms with van der Waals surface area (Å²) in [7, 11) is 3.43. The lowest BCUT2D eigenvalue weighted by Gasteiger charge is -2.35. The summed E-state index contributed by atoms with van der Waals surface area (Å²) in [6.07, 6.45) is 2.32. The van der Waals surface area contributed by atoms with Crippen molar-refractivity contribution in [3.8, 4) is 11.5 Å². The van der Waals surface area contributed by atoms with Crippen LogP contribution >= 0.6 is 0 Å². The first kappa shape index (κ1) is 14.7. The highest BCUT2D eigenvalue weighted by Crippen LogP contribution is 2.37. The zero-order valence-electron chi connectivity index (χ0n) is 13.4. The average molecular weight is 290 g/mol. The fourth-order valence-corrected chi connectivity index (χ4v) is 3.72. The first-order chi connectivity index (χ1) is 10.1. The van der Waals surface area contributed by atoms with E-state index in [2.05, 4.69) is 23.2 Å². The van der Waals surface area contributed by atoms with Gasteiger partial charge in [-0.3, -0.25) is 4.90 Å². The molecule has 4 nitrogen and oxygen atoms in total. The minimum absolute atomic E-state index is 0.425. The second-order valence-corrected chi connectivity index (χ2v) is 6.64. The van der Waals surface area contributed by atoms with Gasteiger partial charge in [0.25, 0.3) is 0 Å². The fraction of sp³-hybridized carbons (Fsp3) is 0.647. The summed E-state index contributed by atoms with van der Waals surface area (Å²) in [6, 6.07) is 4.22. The summed E-state index contributed by atoms with van der Waals surface area (Å²) in [6.45, 7) is 8.00. The van der Waals surface area contributed by atoms with Crippen molar-refractivity contribution < 1.29 is 9.47 Å². The first-order valence-electron chi connectivity index (χ1n) is 7.81. The van der Waals surface area contributed by atoms with Crippen molar-refractivity contribution in [3.63, 3.8) is 0 Å². The number of methoxy groups -OCH3 is 2. The van der Waals surface area contributed by atoms with Crippen molar-refractivity contribution in [2.24, 2.45) is 5.41 Å². The molecule has 21 heavy (non-hydrogen) atoms. The molecular formula is C17H26N2O2. The van der Waals surface area contributed by atoms with Gasteiger partial charge in [-0.25, -0.2) is 0 Å². The van der Waals surface area contributed by atoms with E-state index < -0.39 is 0 Å². The molecule has 1 aromatic rings. The molecule has 2 heterocycles. The van der Waals surface area contributed by atoms with Crippen LogP contribution in [0.15, 0.2) is 12.1 Å². The molecule has 1 unspecified atom stereocenters. The molecule has 116 valence electrons. The van der Waals surface area contributed by atoms with E-state index in [4.69, 9.17) is 9.47 Å². The van der Waals surface area contributed by atoms with Gasteiger partial charge in [-0.15, -0.1) is 0 Å². The van der Waals surface area contributed by atoms with E-state index in [1.807, 2.05) is 6.07 Å². The Morgan fingerprint density at radius 1 is 1.29 bits per heavy atom. The van der Waals surface area contributed by atoms with Crippen molar-refractivity contribution in [2.45, 2.75) is 26.3 Å². The highest BCUT2D eigenvalue weighted by Gasteiger charge is 2.32. The van der Waals surface area contributed by atoms with Crippen LogP contribution in [-0.4, -0.2) is 45.3 Å². The van der Waals surface area contributed by atoms with E-state index in [0.717, 1.165) is 44.1 Å². The van der Waals surface area contributed by atoms with E-state index in [1.165, 1.54) is 24.1 Å². The third kappa shape index (κ3) is 2.87. The van der Waals surface area contributed by atoms with Crippen molar-refractivity contribution in [1.82, 2.24) is 10.2 Å². The van der Waals surface area contributed by atoms with Crippen LogP contribution in [0.4, 0.5) is 0 Å². The topological polar surface area (TPSA) is 33.7 Å². The summed E-state index contributed by atoms with van der Waals surface area (Å²) in [5.41, 5.74) is 3.13. The zero-order chi connectivity index (χ0) is 14.9. The molecule has 1 saturated heterocycles. The van der Waals surface area contributed by atoms with Gasteiger partial charge in [-0.1, -0.05) is 13.0 Å². The van der Waals surface area contributed by atoms with Crippen LogP contribution in [0.5, 0.6) is 11.5 Å². The van der Waals surface area contributed by atoms with E-state index in [-0.39, 0.29) is 0 Å². The summed E-state index contributed by atoms with van der Waals surface area (Å²) in [5, 5.41) is 3.49. The first-order valence-corrected chi connectivity index (χ1v) is 7.81. The normalized spacial score (nSPS) is 25.7. The molecule has 1 fully saturated rings. The van der Waals surface area contributed by atoms with Crippen LogP contribution < -0.4 is 14.8 Å². The van der Waals surface area contributed by atoms with Crippen LogP contribution in [0.25, 0.3) is 0 Å². The van der Waals surface area contributed by atoms with E-state index in [1.54, 1.807) is 14.2 Å². The number of nitrogens with one attached hydrogen (secondary N) is 1. The molecule has 2 aliphatic rings. The van der Waals surface area contributed by atoms with Gasteiger partial charge in [0, 0.05) is 31.7 Å².